The Morgan fingerprint density at radius 1 is 1.28 bits per heavy atom. The van der Waals surface area contributed by atoms with Crippen molar-refractivity contribution in [2.45, 2.75) is 0 Å². The predicted octanol–water partition coefficient (Wildman–Crippen LogP) is 2.51. The van der Waals surface area contributed by atoms with Crippen LogP contribution in [0.1, 0.15) is 10.4 Å². The van der Waals surface area contributed by atoms with E-state index in [0.29, 0.717) is 0 Å². The lowest BCUT2D eigenvalue weighted by Gasteiger charge is -2.07. The maximum absolute atomic E-state index is 10.7. The molecule has 0 radical (unpaired) electrons. The predicted molar refractivity (Wildman–Crippen MR) is 65.7 cm³/mol. The lowest BCUT2D eigenvalue weighted by molar-refractivity contribution is 0.0697. The van der Waals surface area contributed by atoms with Crippen molar-refractivity contribution in [2.75, 3.05) is 5.43 Å². The number of benzene rings is 1. The number of hydrogen-bond acceptors (Lipinski definition) is 5. The van der Waals surface area contributed by atoms with Gasteiger partial charge in [0.1, 0.15) is 12.1 Å². The van der Waals surface area contributed by atoms with E-state index in [4.69, 9.17) is 38.8 Å². The van der Waals surface area contributed by atoms with Crippen LogP contribution in [0.3, 0.4) is 0 Å². The standard InChI is InChI=1S/C10H4Cl2N4O2/c11-7-1-5(10(17)18)2-8(12)9(7)16-15-6(3-13)4-14/h1-2,16H,(H,17,18). The lowest BCUT2D eigenvalue weighted by Crippen LogP contribution is -2.00. The minimum atomic E-state index is -1.18. The van der Waals surface area contributed by atoms with Crippen molar-refractivity contribution < 1.29 is 9.90 Å². The second-order valence-electron chi connectivity index (χ2n) is 2.92. The van der Waals surface area contributed by atoms with Crippen molar-refractivity contribution in [3.05, 3.63) is 27.7 Å². The van der Waals surface area contributed by atoms with Crippen LogP contribution in [0.5, 0.6) is 0 Å². The molecule has 0 aliphatic carbocycles. The van der Waals surface area contributed by atoms with E-state index in [9.17, 15) is 4.79 Å². The largest absolute Gasteiger partial charge is 0.478 e. The highest BCUT2D eigenvalue weighted by Gasteiger charge is 2.12. The number of carbonyl (C=O) groups is 1. The van der Waals surface area contributed by atoms with Gasteiger partial charge in [0.2, 0.25) is 5.71 Å². The fourth-order valence-electron chi connectivity index (χ4n) is 0.990. The molecule has 0 unspecified atom stereocenters. The van der Waals surface area contributed by atoms with Crippen LogP contribution in [0, 0.1) is 22.7 Å². The fourth-order valence-corrected chi connectivity index (χ4v) is 1.56. The third-order valence-electron chi connectivity index (χ3n) is 1.78. The van der Waals surface area contributed by atoms with Gasteiger partial charge in [-0.2, -0.15) is 15.6 Å². The van der Waals surface area contributed by atoms with Crippen molar-refractivity contribution in [1.82, 2.24) is 0 Å². The smallest absolute Gasteiger partial charge is 0.335 e. The Labute approximate surface area is 112 Å². The quantitative estimate of drug-likeness (QED) is 0.654. The minimum absolute atomic E-state index is 0.0129. The van der Waals surface area contributed by atoms with E-state index < -0.39 is 11.7 Å². The number of halogens is 2. The van der Waals surface area contributed by atoms with E-state index in [1.165, 1.54) is 24.3 Å². The van der Waals surface area contributed by atoms with E-state index in [1.54, 1.807) is 0 Å². The number of aromatic carboxylic acids is 1. The molecule has 6 nitrogen and oxygen atoms in total. The molecule has 0 atom stereocenters. The zero-order valence-corrected chi connectivity index (χ0v) is 10.1. The fraction of sp³-hybridized carbons (Fsp3) is 0. The summed E-state index contributed by atoms with van der Waals surface area (Å²) in [5.41, 5.74) is 1.96. The van der Waals surface area contributed by atoms with Gasteiger partial charge in [0.15, 0.2) is 0 Å². The maximum atomic E-state index is 10.7. The molecule has 90 valence electrons. The molecule has 0 bridgehead atoms. The number of nitrogens with one attached hydrogen (secondary N) is 1. The molecule has 0 spiro atoms. The number of rotatable bonds is 3. The molecule has 1 aromatic rings. The first kappa shape index (κ1) is 13.8. The van der Waals surface area contributed by atoms with Crippen LogP contribution in [0.15, 0.2) is 17.2 Å². The summed E-state index contributed by atoms with van der Waals surface area (Å²) in [5, 5.41) is 29.2. The summed E-state index contributed by atoms with van der Waals surface area (Å²) in [4.78, 5) is 10.7. The Morgan fingerprint density at radius 3 is 2.17 bits per heavy atom. The highest BCUT2D eigenvalue weighted by Crippen LogP contribution is 2.31. The molecule has 18 heavy (non-hydrogen) atoms. The summed E-state index contributed by atoms with van der Waals surface area (Å²) in [7, 11) is 0. The second-order valence-corrected chi connectivity index (χ2v) is 3.73. The average Bonchev–Trinajstić information content (AvgIpc) is 2.32. The first-order valence-corrected chi connectivity index (χ1v) is 5.11. The summed E-state index contributed by atoms with van der Waals surface area (Å²) in [6.07, 6.45) is 0. The Kier molecular flexibility index (Phi) is 4.50. The summed E-state index contributed by atoms with van der Waals surface area (Å²) < 4.78 is 0. The number of carboxylic acids is 1. The minimum Gasteiger partial charge on any atom is -0.478 e. The van der Waals surface area contributed by atoms with Gasteiger partial charge in [-0.15, -0.1) is 0 Å². The van der Waals surface area contributed by atoms with E-state index in [0.717, 1.165) is 0 Å². The van der Waals surface area contributed by atoms with Crippen molar-refractivity contribution in [1.29, 1.82) is 10.5 Å². The third kappa shape index (κ3) is 3.11. The van der Waals surface area contributed by atoms with Crippen molar-refractivity contribution in [2.24, 2.45) is 5.10 Å². The van der Waals surface area contributed by atoms with Gasteiger partial charge in [-0.05, 0) is 12.1 Å². The van der Waals surface area contributed by atoms with Crippen LogP contribution in [0.25, 0.3) is 0 Å². The van der Waals surface area contributed by atoms with E-state index in [2.05, 4.69) is 10.5 Å². The summed E-state index contributed by atoms with van der Waals surface area (Å²) in [6.45, 7) is 0. The third-order valence-corrected chi connectivity index (χ3v) is 2.38. The highest BCUT2D eigenvalue weighted by atomic mass is 35.5. The van der Waals surface area contributed by atoms with Gasteiger partial charge in [0.25, 0.3) is 0 Å². The van der Waals surface area contributed by atoms with Crippen molar-refractivity contribution in [3.63, 3.8) is 0 Å². The Balaban J connectivity index is 3.14. The Morgan fingerprint density at radius 2 is 1.78 bits per heavy atom. The van der Waals surface area contributed by atoms with Gasteiger partial charge in [0.05, 0.1) is 21.3 Å². The van der Waals surface area contributed by atoms with Gasteiger partial charge in [-0.1, -0.05) is 23.2 Å². The van der Waals surface area contributed by atoms with Gasteiger partial charge in [0, 0.05) is 0 Å². The second kappa shape index (κ2) is 5.87. The van der Waals surface area contributed by atoms with Crippen LogP contribution in [0.4, 0.5) is 5.69 Å². The molecule has 1 aromatic carbocycles. The maximum Gasteiger partial charge on any atom is 0.335 e. The summed E-state index contributed by atoms with van der Waals surface area (Å²) in [6, 6.07) is 5.42. The molecule has 0 aliphatic heterocycles. The molecule has 1 rings (SSSR count). The molecule has 0 saturated heterocycles. The van der Waals surface area contributed by atoms with Crippen molar-refractivity contribution >= 4 is 40.6 Å². The van der Waals surface area contributed by atoms with E-state index >= 15 is 0 Å². The molecule has 8 heteroatoms. The number of nitrogens with zero attached hydrogens (tertiary/aromatic N) is 3. The molecule has 0 aromatic heterocycles. The number of hydrogen-bond donors (Lipinski definition) is 2. The van der Waals surface area contributed by atoms with Crippen LogP contribution in [0.2, 0.25) is 10.0 Å². The molecule has 0 fully saturated rings. The van der Waals surface area contributed by atoms with Gasteiger partial charge < -0.3 is 5.11 Å². The zero-order chi connectivity index (χ0) is 13.7. The van der Waals surface area contributed by atoms with Gasteiger partial charge in [-0.25, -0.2) is 4.79 Å². The molecular formula is C10H4Cl2N4O2. The molecule has 0 amide bonds. The van der Waals surface area contributed by atoms with Crippen LogP contribution in [-0.2, 0) is 0 Å². The SMILES string of the molecule is N#CC(C#N)=NNc1c(Cl)cc(C(=O)O)cc1Cl. The van der Waals surface area contributed by atoms with Crippen molar-refractivity contribution in [3.8, 4) is 12.1 Å². The first-order chi connectivity index (χ1) is 8.49. The summed E-state index contributed by atoms with van der Waals surface area (Å²) in [5.74, 6) is -1.18. The van der Waals surface area contributed by atoms with Crippen LogP contribution >= 0.6 is 23.2 Å². The lowest BCUT2D eigenvalue weighted by atomic mass is 10.2. The monoisotopic (exact) mass is 282 g/mol. The number of nitriles is 2. The number of anilines is 1. The molecule has 0 aliphatic rings. The summed E-state index contributed by atoms with van der Waals surface area (Å²) >= 11 is 11.6. The normalized spacial score (nSPS) is 8.89. The van der Waals surface area contributed by atoms with E-state index in [-0.39, 0.29) is 21.3 Å². The molecule has 0 saturated carbocycles. The Hall–Kier alpha value is -2.28. The number of carboxylic acid groups (broad SMARTS) is 1. The zero-order valence-electron chi connectivity index (χ0n) is 8.61. The van der Waals surface area contributed by atoms with Crippen LogP contribution in [-0.4, -0.2) is 16.8 Å². The molecular weight excluding hydrogens is 279 g/mol. The van der Waals surface area contributed by atoms with Gasteiger partial charge in [-0.3, -0.25) is 5.43 Å². The molecule has 2 N–H and O–H groups in total. The van der Waals surface area contributed by atoms with E-state index in [1.807, 2.05) is 0 Å². The first-order valence-electron chi connectivity index (χ1n) is 4.35. The van der Waals surface area contributed by atoms with Crippen LogP contribution < -0.4 is 5.43 Å². The van der Waals surface area contributed by atoms with Gasteiger partial charge >= 0.3 is 5.97 Å². The average molecular weight is 283 g/mol. The number of hydrazone groups is 1. The molecule has 0 heterocycles. The highest BCUT2D eigenvalue weighted by molar-refractivity contribution is 6.39. The topological polar surface area (TPSA) is 109 Å². The Bertz CT molecular complexity index is 574.